The van der Waals surface area contributed by atoms with Gasteiger partial charge in [-0.1, -0.05) is 36.0 Å². The van der Waals surface area contributed by atoms with Gasteiger partial charge in [-0.25, -0.2) is 9.37 Å². The normalized spacial score (nSPS) is 10.8. The molecule has 0 atom stereocenters. The summed E-state index contributed by atoms with van der Waals surface area (Å²) in [6.45, 7) is 0.0832. The third-order valence-electron chi connectivity index (χ3n) is 4.93. The molecule has 0 aliphatic carbocycles. The molecule has 1 N–H and O–H groups in total. The number of nitrogens with one attached hydrogen (secondary N) is 1. The molecule has 0 radical (unpaired) electrons. The summed E-state index contributed by atoms with van der Waals surface area (Å²) in [6.07, 6.45) is 0. The van der Waals surface area contributed by atoms with Crippen LogP contribution in [0.5, 0.6) is 5.75 Å². The quantitative estimate of drug-likeness (QED) is 0.281. The first-order chi connectivity index (χ1) is 16.5. The predicted molar refractivity (Wildman–Crippen MR) is 129 cm³/mol. The number of ether oxygens (including phenoxy) is 2. The Morgan fingerprint density at radius 1 is 1.03 bits per heavy atom. The zero-order valence-electron chi connectivity index (χ0n) is 18.4. The molecule has 1 amide bonds. The van der Waals surface area contributed by atoms with Gasteiger partial charge in [0.25, 0.3) is 5.91 Å². The van der Waals surface area contributed by atoms with Gasteiger partial charge < -0.3 is 19.4 Å². The Hall–Kier alpha value is -3.85. The summed E-state index contributed by atoms with van der Waals surface area (Å²) < 4.78 is 25.4. The van der Waals surface area contributed by atoms with Crippen LogP contribution in [0.3, 0.4) is 0 Å². The number of hydrogen-bond donors (Lipinski definition) is 1. The molecule has 0 spiro atoms. The summed E-state index contributed by atoms with van der Waals surface area (Å²) >= 11 is 1.22. The van der Waals surface area contributed by atoms with Gasteiger partial charge >= 0.3 is 5.97 Å². The second-order valence-electron chi connectivity index (χ2n) is 7.32. The zero-order valence-corrected chi connectivity index (χ0v) is 19.2. The van der Waals surface area contributed by atoms with E-state index in [1.807, 2.05) is 28.8 Å². The number of carbonyl (C=O) groups is 2. The number of esters is 1. The van der Waals surface area contributed by atoms with Crippen LogP contribution in [-0.2, 0) is 20.9 Å². The second kappa shape index (κ2) is 10.8. The lowest BCUT2D eigenvalue weighted by molar-refractivity contribution is -0.144. The summed E-state index contributed by atoms with van der Waals surface area (Å²) in [5, 5.41) is 3.29. The van der Waals surface area contributed by atoms with Gasteiger partial charge in [-0.15, -0.1) is 0 Å². The molecule has 0 bridgehead atoms. The zero-order chi connectivity index (χ0) is 23.9. The lowest BCUT2D eigenvalue weighted by Gasteiger charge is -2.10. The Labute approximate surface area is 199 Å². The number of fused-ring (bicyclic) bond motifs is 1. The van der Waals surface area contributed by atoms with Gasteiger partial charge in [-0.3, -0.25) is 9.59 Å². The van der Waals surface area contributed by atoms with Crippen molar-refractivity contribution in [2.24, 2.45) is 0 Å². The minimum absolute atomic E-state index is 0.0114. The van der Waals surface area contributed by atoms with Gasteiger partial charge in [0.2, 0.25) is 0 Å². The van der Waals surface area contributed by atoms with E-state index in [0.29, 0.717) is 23.1 Å². The molecule has 0 aliphatic heterocycles. The Morgan fingerprint density at radius 3 is 2.50 bits per heavy atom. The average molecular weight is 480 g/mol. The minimum Gasteiger partial charge on any atom is -0.497 e. The van der Waals surface area contributed by atoms with Crippen LogP contribution >= 0.6 is 11.8 Å². The molecule has 0 unspecified atom stereocenters. The molecule has 9 heteroatoms. The summed E-state index contributed by atoms with van der Waals surface area (Å²) in [5.41, 5.74) is 3.18. The van der Waals surface area contributed by atoms with Crippen LogP contribution in [0.4, 0.5) is 10.1 Å². The van der Waals surface area contributed by atoms with Crippen LogP contribution in [0, 0.1) is 5.82 Å². The Bertz CT molecular complexity index is 1290. The van der Waals surface area contributed by atoms with Gasteiger partial charge in [-0.2, -0.15) is 0 Å². The average Bonchev–Trinajstić information content (AvgIpc) is 3.20. The van der Waals surface area contributed by atoms with Crippen molar-refractivity contribution in [1.82, 2.24) is 9.55 Å². The van der Waals surface area contributed by atoms with Gasteiger partial charge in [0.1, 0.15) is 11.6 Å². The number of carbonyl (C=O) groups excluding carboxylic acids is 2. The number of nitrogens with zero attached hydrogens (tertiary/aromatic N) is 2. The monoisotopic (exact) mass is 479 g/mol. The highest BCUT2D eigenvalue weighted by molar-refractivity contribution is 7.99. The fraction of sp³-hybridized carbons (Fsp3) is 0.160. The van der Waals surface area contributed by atoms with E-state index in [9.17, 15) is 14.0 Å². The lowest BCUT2D eigenvalue weighted by atomic mass is 10.2. The number of imidazole rings is 1. The lowest BCUT2D eigenvalue weighted by Crippen LogP contribution is -2.21. The van der Waals surface area contributed by atoms with E-state index in [0.717, 1.165) is 16.6 Å². The first-order valence-corrected chi connectivity index (χ1v) is 11.4. The first-order valence-electron chi connectivity index (χ1n) is 10.4. The number of halogens is 1. The Kier molecular flexibility index (Phi) is 7.44. The maximum Gasteiger partial charge on any atom is 0.316 e. The van der Waals surface area contributed by atoms with Crippen molar-refractivity contribution in [3.8, 4) is 5.75 Å². The highest BCUT2D eigenvalue weighted by atomic mass is 32.2. The van der Waals surface area contributed by atoms with E-state index < -0.39 is 18.5 Å². The summed E-state index contributed by atoms with van der Waals surface area (Å²) in [7, 11) is 1.56. The number of aromatic nitrogens is 2. The molecule has 1 heterocycles. The van der Waals surface area contributed by atoms with Crippen LogP contribution in [0.25, 0.3) is 11.0 Å². The van der Waals surface area contributed by atoms with Crippen LogP contribution in [0.15, 0.2) is 78.0 Å². The van der Waals surface area contributed by atoms with E-state index in [4.69, 9.17) is 9.47 Å². The van der Waals surface area contributed by atoms with Gasteiger partial charge in [0.15, 0.2) is 11.8 Å². The fourth-order valence-corrected chi connectivity index (χ4v) is 4.08. The number of para-hydroxylation sites is 2. The molecule has 0 saturated heterocycles. The van der Waals surface area contributed by atoms with Crippen molar-refractivity contribution in [3.63, 3.8) is 0 Å². The summed E-state index contributed by atoms with van der Waals surface area (Å²) in [5.74, 6) is -0.607. The highest BCUT2D eigenvalue weighted by Gasteiger charge is 2.15. The molecule has 34 heavy (non-hydrogen) atoms. The second-order valence-corrected chi connectivity index (χ2v) is 8.26. The van der Waals surface area contributed by atoms with Crippen LogP contribution in [0.2, 0.25) is 0 Å². The van der Waals surface area contributed by atoms with E-state index in [2.05, 4.69) is 10.3 Å². The molecule has 174 valence electrons. The van der Waals surface area contributed by atoms with Crippen molar-refractivity contribution in [1.29, 1.82) is 0 Å². The number of benzene rings is 3. The highest BCUT2D eigenvalue weighted by Crippen LogP contribution is 2.25. The molecule has 4 aromatic rings. The van der Waals surface area contributed by atoms with Crippen molar-refractivity contribution in [2.75, 3.05) is 24.8 Å². The molecular weight excluding hydrogens is 457 g/mol. The summed E-state index contributed by atoms with van der Waals surface area (Å²) in [6, 6.07) is 20.7. The molecule has 0 saturated carbocycles. The molecule has 4 rings (SSSR count). The molecule has 0 fully saturated rings. The van der Waals surface area contributed by atoms with Crippen LogP contribution in [-0.4, -0.2) is 40.9 Å². The van der Waals surface area contributed by atoms with Crippen molar-refractivity contribution in [3.05, 3.63) is 84.2 Å². The molecular formula is C25H22FN3O4S. The number of anilines is 1. The molecule has 1 aromatic heterocycles. The topological polar surface area (TPSA) is 82.4 Å². The third-order valence-corrected chi connectivity index (χ3v) is 5.88. The fourth-order valence-electron chi connectivity index (χ4n) is 3.27. The van der Waals surface area contributed by atoms with E-state index in [1.165, 1.54) is 23.9 Å². The smallest absolute Gasteiger partial charge is 0.316 e. The van der Waals surface area contributed by atoms with E-state index >= 15 is 0 Å². The van der Waals surface area contributed by atoms with Crippen molar-refractivity contribution in [2.45, 2.75) is 11.7 Å². The number of rotatable bonds is 9. The number of thioether (sulfide) groups is 1. The third kappa shape index (κ3) is 5.93. The standard InChI is InChI=1S/C25H22FN3O4S/c1-32-20-12-10-19(11-13-20)27-23(30)15-33-24(31)16-34-25-28-21-4-2-3-5-22(21)29(25)14-17-6-8-18(26)9-7-17/h2-13H,14-16H2,1H3,(H,27,30). The Balaban J connectivity index is 1.35. The molecule has 3 aromatic carbocycles. The summed E-state index contributed by atoms with van der Waals surface area (Å²) in [4.78, 5) is 29.0. The maximum atomic E-state index is 13.3. The number of methoxy groups -OCH3 is 1. The SMILES string of the molecule is COc1ccc(NC(=O)COC(=O)CSc2nc3ccccc3n2Cc2ccc(F)cc2)cc1. The predicted octanol–water partition coefficient (Wildman–Crippen LogP) is 4.51. The van der Waals surface area contributed by atoms with Crippen molar-refractivity contribution >= 4 is 40.4 Å². The van der Waals surface area contributed by atoms with Gasteiger partial charge in [-0.05, 0) is 54.1 Å². The van der Waals surface area contributed by atoms with E-state index in [-0.39, 0.29) is 11.6 Å². The number of hydrogen-bond acceptors (Lipinski definition) is 6. The molecule has 0 aliphatic rings. The van der Waals surface area contributed by atoms with Crippen LogP contribution < -0.4 is 10.1 Å². The van der Waals surface area contributed by atoms with Gasteiger partial charge in [0.05, 0.1) is 30.4 Å². The van der Waals surface area contributed by atoms with Gasteiger partial charge in [0, 0.05) is 5.69 Å². The largest absolute Gasteiger partial charge is 0.497 e. The number of amides is 1. The molecule has 7 nitrogen and oxygen atoms in total. The minimum atomic E-state index is -0.532. The van der Waals surface area contributed by atoms with Crippen molar-refractivity contribution < 1.29 is 23.5 Å². The Morgan fingerprint density at radius 2 is 1.76 bits per heavy atom. The first kappa shape index (κ1) is 23.3. The van der Waals surface area contributed by atoms with Crippen LogP contribution in [0.1, 0.15) is 5.56 Å². The van der Waals surface area contributed by atoms with E-state index in [1.54, 1.807) is 43.5 Å². The maximum absolute atomic E-state index is 13.3.